The van der Waals surface area contributed by atoms with Crippen molar-refractivity contribution in [2.75, 3.05) is 7.11 Å². The zero-order valence-electron chi connectivity index (χ0n) is 39.3. The number of carbonyl (C=O) groups excluding carboxylic acids is 7. The van der Waals surface area contributed by atoms with E-state index in [0.29, 0.717) is 28.6 Å². The van der Waals surface area contributed by atoms with Crippen molar-refractivity contribution in [3.05, 3.63) is 90.7 Å². The number of carbonyl (C=O) groups is 7. The first-order valence-corrected chi connectivity index (χ1v) is 21.7. The molecular formula is C47H47N3O20. The van der Waals surface area contributed by atoms with E-state index in [1.54, 1.807) is 39.0 Å². The van der Waals surface area contributed by atoms with Gasteiger partial charge in [-0.25, -0.2) is 24.2 Å². The van der Waals surface area contributed by atoms with Crippen LogP contribution in [0, 0.1) is 10.1 Å². The van der Waals surface area contributed by atoms with Gasteiger partial charge >= 0.3 is 42.0 Å². The molecule has 0 amide bonds. The largest absolute Gasteiger partial charge is 0.514 e. The maximum absolute atomic E-state index is 14.6. The van der Waals surface area contributed by atoms with Crippen LogP contribution < -0.4 is 15.0 Å². The molecule has 0 saturated carbocycles. The lowest BCUT2D eigenvalue weighted by Gasteiger charge is -2.43. The molecule has 1 saturated heterocycles. The number of aryl methyl sites for hydroxylation is 1. The molecule has 6 atom stereocenters. The number of non-ortho nitro benzene ring substituents is 1. The van der Waals surface area contributed by atoms with E-state index >= 15 is 0 Å². The number of nitrogens with zero attached hydrogens (tertiary/aromatic N) is 3. The molecule has 3 aliphatic rings. The molecule has 3 aliphatic heterocycles. The van der Waals surface area contributed by atoms with Crippen LogP contribution in [-0.4, -0.2) is 99.9 Å². The Balaban J connectivity index is 1.30. The molecule has 23 nitrogen and oxygen atoms in total. The van der Waals surface area contributed by atoms with Gasteiger partial charge in [-0.15, -0.1) is 0 Å². The molecule has 5 heterocycles. The Morgan fingerprint density at radius 2 is 1.57 bits per heavy atom. The number of aromatic nitrogens is 2. The van der Waals surface area contributed by atoms with Crippen LogP contribution in [-0.2, 0) is 87.0 Å². The number of cyclic esters (lactones) is 1. The summed E-state index contributed by atoms with van der Waals surface area (Å²) in [4.78, 5) is 122. The predicted molar refractivity (Wildman–Crippen MR) is 235 cm³/mol. The zero-order valence-corrected chi connectivity index (χ0v) is 39.3. The molecule has 0 radical (unpaired) electrons. The fourth-order valence-corrected chi connectivity index (χ4v) is 8.54. The average Bonchev–Trinajstić information content (AvgIpc) is 3.65. The summed E-state index contributed by atoms with van der Waals surface area (Å²) in [6.07, 6.45) is -10.3. The second-order valence-corrected chi connectivity index (χ2v) is 17.2. The van der Waals surface area contributed by atoms with Crippen LogP contribution in [0.5, 0.6) is 11.5 Å². The van der Waals surface area contributed by atoms with Crippen molar-refractivity contribution in [3.8, 4) is 22.9 Å². The molecule has 7 rings (SSSR count). The van der Waals surface area contributed by atoms with Crippen molar-refractivity contribution < 1.29 is 85.9 Å². The SMILES string of the molecule is CCc1c2c(nc3ccc(OC(=O)OC(C)(C)C)cc13)-c1cc3c(c(=O)n1C2)COC(=O)[C@@]3(CC)OC(=O)c1ccc([N+](=O)[O-])cc1O[C@@H]1O[C@H](C(=O)OC)[C@@H](OC(C)=O)[C@H](OC(C)=O)[C@H]1OC(C)=O. The molecule has 23 heteroatoms. The maximum Gasteiger partial charge on any atom is 0.514 e. The third-order valence-electron chi connectivity index (χ3n) is 11.4. The molecule has 0 bridgehead atoms. The molecular weight excluding hydrogens is 927 g/mol. The first-order valence-electron chi connectivity index (χ1n) is 21.7. The van der Waals surface area contributed by atoms with E-state index in [2.05, 4.69) is 0 Å². The van der Waals surface area contributed by atoms with E-state index in [9.17, 15) is 48.5 Å². The number of methoxy groups -OCH3 is 1. The van der Waals surface area contributed by atoms with Gasteiger partial charge in [-0.05, 0) is 69.5 Å². The number of rotatable bonds is 12. The summed E-state index contributed by atoms with van der Waals surface area (Å²) in [5, 5.41) is 12.7. The summed E-state index contributed by atoms with van der Waals surface area (Å²) < 4.78 is 56.6. The molecule has 370 valence electrons. The maximum atomic E-state index is 14.6. The first kappa shape index (κ1) is 49.9. The molecule has 0 N–H and O–H groups in total. The fourth-order valence-electron chi connectivity index (χ4n) is 8.54. The minimum Gasteiger partial charge on any atom is -0.467 e. The number of esters is 6. The van der Waals surface area contributed by atoms with Crippen molar-refractivity contribution in [3.63, 3.8) is 0 Å². The highest BCUT2D eigenvalue weighted by Crippen LogP contribution is 2.44. The first-order chi connectivity index (χ1) is 33.0. The Labute approximate surface area is 397 Å². The van der Waals surface area contributed by atoms with Crippen LogP contribution >= 0.6 is 0 Å². The number of ether oxygens (including phenoxy) is 10. The zero-order chi connectivity index (χ0) is 51.1. The Morgan fingerprint density at radius 3 is 2.19 bits per heavy atom. The van der Waals surface area contributed by atoms with Crippen molar-refractivity contribution in [1.82, 2.24) is 9.55 Å². The molecule has 0 aliphatic carbocycles. The fraction of sp³-hybridized carbons (Fsp3) is 0.426. The lowest BCUT2D eigenvalue weighted by atomic mass is 9.85. The molecule has 0 spiro atoms. The van der Waals surface area contributed by atoms with Crippen LogP contribution in [0.15, 0.2) is 47.3 Å². The van der Waals surface area contributed by atoms with Gasteiger partial charge in [0, 0.05) is 43.4 Å². The molecule has 4 aromatic rings. The van der Waals surface area contributed by atoms with Crippen LogP contribution in [0.1, 0.15) is 94.4 Å². The van der Waals surface area contributed by atoms with Crippen molar-refractivity contribution in [2.24, 2.45) is 0 Å². The van der Waals surface area contributed by atoms with Crippen molar-refractivity contribution >= 4 is 58.6 Å². The normalized spacial score (nSPS) is 21.2. The Kier molecular flexibility index (Phi) is 13.7. The number of pyridine rings is 2. The van der Waals surface area contributed by atoms with Gasteiger partial charge in [0.05, 0.1) is 47.1 Å². The monoisotopic (exact) mass is 973 g/mol. The molecule has 2 aromatic heterocycles. The Morgan fingerprint density at radius 1 is 0.900 bits per heavy atom. The second-order valence-electron chi connectivity index (χ2n) is 17.2. The van der Waals surface area contributed by atoms with Gasteiger partial charge in [0.1, 0.15) is 29.3 Å². The van der Waals surface area contributed by atoms with Gasteiger partial charge in [-0.2, -0.15) is 0 Å². The number of hydrogen-bond acceptors (Lipinski definition) is 21. The van der Waals surface area contributed by atoms with Gasteiger partial charge in [-0.3, -0.25) is 29.3 Å². The number of fused-ring (bicyclic) bond motifs is 5. The molecule has 1 fully saturated rings. The van der Waals surface area contributed by atoms with E-state index in [4.69, 9.17) is 52.4 Å². The van der Waals surface area contributed by atoms with Crippen LogP contribution in [0.25, 0.3) is 22.3 Å². The van der Waals surface area contributed by atoms with Gasteiger partial charge in [0.25, 0.3) is 11.2 Å². The number of nitro groups is 1. The van der Waals surface area contributed by atoms with Gasteiger partial charge < -0.3 is 51.9 Å². The number of nitro benzene ring substituents is 1. The lowest BCUT2D eigenvalue weighted by Crippen LogP contribution is -2.64. The number of hydrogen-bond donors (Lipinski definition) is 0. The minimum atomic E-state index is -2.32. The molecule has 2 aromatic carbocycles. The highest BCUT2D eigenvalue weighted by Gasteiger charge is 2.56. The minimum absolute atomic E-state index is 0.0193. The van der Waals surface area contributed by atoms with E-state index in [1.165, 1.54) is 17.6 Å². The van der Waals surface area contributed by atoms with E-state index < -0.39 is 118 Å². The van der Waals surface area contributed by atoms with E-state index in [0.717, 1.165) is 51.6 Å². The van der Waals surface area contributed by atoms with Crippen LogP contribution in [0.2, 0.25) is 0 Å². The van der Waals surface area contributed by atoms with Gasteiger partial charge in [0.15, 0.2) is 18.3 Å². The topological polar surface area (TPSA) is 290 Å². The smallest absolute Gasteiger partial charge is 0.467 e. The van der Waals surface area contributed by atoms with Gasteiger partial charge in [-0.1, -0.05) is 13.8 Å². The quantitative estimate of drug-likeness (QED) is 0.0533. The summed E-state index contributed by atoms with van der Waals surface area (Å²) >= 11 is 0. The lowest BCUT2D eigenvalue weighted by molar-refractivity contribution is -0.385. The van der Waals surface area contributed by atoms with Gasteiger partial charge in [0.2, 0.25) is 18.0 Å². The third-order valence-corrected chi connectivity index (χ3v) is 11.4. The summed E-state index contributed by atoms with van der Waals surface area (Å²) in [5.74, 6) is -7.09. The second kappa shape index (κ2) is 19.2. The highest BCUT2D eigenvalue weighted by atomic mass is 16.7. The standard InChI is InChI=1S/C47H47N3O20/c1-10-26-28-17-25(66-45(58)70-46(6,7)8)13-15-32(28)48-35-29(26)19-49-33(35)18-31-30(40(49)54)20-62-44(57)47(31,11-2)69-41(55)27-14-12-24(50(59)60)16-34(27)67-43-39(65-23(5)53)37(64-22(4)52)36(63-21(3)51)38(68-43)42(56)61-9/h12-18,36-39,43H,10-11,19-20H2,1-9H3/t36-,37-,38-,39+,43+,47-/m0/s1. The predicted octanol–water partition coefficient (Wildman–Crippen LogP) is 4.80. The summed E-state index contributed by atoms with van der Waals surface area (Å²) in [5.41, 5.74) is -2.36. The van der Waals surface area contributed by atoms with Crippen LogP contribution in [0.3, 0.4) is 0 Å². The molecule has 0 unspecified atom stereocenters. The van der Waals surface area contributed by atoms with E-state index in [-0.39, 0.29) is 35.5 Å². The molecule has 70 heavy (non-hydrogen) atoms. The van der Waals surface area contributed by atoms with Crippen molar-refractivity contribution in [1.29, 1.82) is 0 Å². The summed E-state index contributed by atoms with van der Waals surface area (Å²) in [6, 6.07) is 8.97. The van der Waals surface area contributed by atoms with Crippen LogP contribution in [0.4, 0.5) is 10.5 Å². The Hall–Kier alpha value is -7.95. The third kappa shape index (κ3) is 9.55. The van der Waals surface area contributed by atoms with Crippen molar-refractivity contribution in [2.45, 2.75) is 123 Å². The Bertz CT molecular complexity index is 2940. The highest BCUT2D eigenvalue weighted by molar-refractivity contribution is 5.97. The summed E-state index contributed by atoms with van der Waals surface area (Å²) in [6.45, 7) is 11.0. The average molecular weight is 974 g/mol. The van der Waals surface area contributed by atoms with E-state index in [1.807, 2.05) is 6.92 Å². The number of benzene rings is 2. The summed E-state index contributed by atoms with van der Waals surface area (Å²) in [7, 11) is 0.961.